The normalized spacial score (nSPS) is 11.0. The molecule has 0 aromatic carbocycles. The smallest absolute Gasteiger partial charge is 0.269 e. The average molecular weight is 339 g/mol. The van der Waals surface area contributed by atoms with Crippen LogP contribution in [0.2, 0.25) is 0 Å². The van der Waals surface area contributed by atoms with E-state index in [1.54, 1.807) is 0 Å². The van der Waals surface area contributed by atoms with Gasteiger partial charge in [-0.1, -0.05) is 36.5 Å². The maximum Gasteiger partial charge on any atom is 0.269 e. The van der Waals surface area contributed by atoms with Crippen LogP contribution in [0.5, 0.6) is 0 Å². The van der Waals surface area contributed by atoms with Crippen molar-refractivity contribution in [2.45, 2.75) is 39.5 Å². The van der Waals surface area contributed by atoms with Crippen molar-refractivity contribution in [3.63, 3.8) is 0 Å². The predicted molar refractivity (Wildman–Crippen MR) is 92.4 cm³/mol. The molecule has 6 nitrogen and oxygen atoms in total. The second-order valence-electron chi connectivity index (χ2n) is 5.22. The quantitative estimate of drug-likeness (QED) is 0.872. The largest absolute Gasteiger partial charge is 0.354 e. The highest BCUT2D eigenvalue weighted by atomic mass is 32.1. The molecule has 1 amide bonds. The lowest BCUT2D eigenvalue weighted by Gasteiger charge is -2.05. The van der Waals surface area contributed by atoms with Crippen LogP contribution in [0.1, 0.15) is 53.0 Å². The van der Waals surface area contributed by atoms with E-state index < -0.39 is 0 Å². The molecule has 0 atom stereocenters. The third-order valence-corrected chi connectivity index (χ3v) is 5.70. The van der Waals surface area contributed by atoms with Crippen molar-refractivity contribution in [1.29, 1.82) is 0 Å². The molecule has 2 rings (SSSR count). The maximum absolute atomic E-state index is 12.4. The van der Waals surface area contributed by atoms with E-state index in [1.165, 1.54) is 22.7 Å². The first-order valence-electron chi connectivity index (χ1n) is 7.25. The van der Waals surface area contributed by atoms with E-state index in [4.69, 9.17) is 0 Å². The summed E-state index contributed by atoms with van der Waals surface area (Å²) in [6.07, 6.45) is 2.05. The van der Waals surface area contributed by atoms with Gasteiger partial charge in [0.25, 0.3) is 5.91 Å². The highest BCUT2D eigenvalue weighted by Crippen LogP contribution is 2.29. The van der Waals surface area contributed by atoms with Gasteiger partial charge in [0.05, 0.1) is 5.69 Å². The second-order valence-corrected chi connectivity index (χ2v) is 7.21. The van der Waals surface area contributed by atoms with Crippen LogP contribution in [0.4, 0.5) is 10.3 Å². The lowest BCUT2D eigenvalue weighted by molar-refractivity contribution is 0.102. The summed E-state index contributed by atoms with van der Waals surface area (Å²) in [6, 6.07) is 0. The molecular formula is C14H21N5OS2. The van der Waals surface area contributed by atoms with Gasteiger partial charge in [-0.25, -0.2) is 4.98 Å². The standard InChI is InChI=1S/C14H21N5OS2/c1-6-9(7-2)12-17-18-13(22-12)16-11(20)10-8(3)15-14(21-10)19(4)5/h9H,6-7H2,1-5H3,(H,16,18,20). The summed E-state index contributed by atoms with van der Waals surface area (Å²) in [7, 11) is 3.82. The topological polar surface area (TPSA) is 71.0 Å². The number of carbonyl (C=O) groups is 1. The summed E-state index contributed by atoms with van der Waals surface area (Å²) in [4.78, 5) is 19.3. The summed E-state index contributed by atoms with van der Waals surface area (Å²) >= 11 is 2.83. The van der Waals surface area contributed by atoms with E-state index in [1.807, 2.05) is 25.9 Å². The van der Waals surface area contributed by atoms with Crippen LogP contribution in [-0.4, -0.2) is 35.2 Å². The van der Waals surface area contributed by atoms with Crippen LogP contribution in [-0.2, 0) is 0 Å². The summed E-state index contributed by atoms with van der Waals surface area (Å²) in [5.74, 6) is 0.240. The highest BCUT2D eigenvalue weighted by molar-refractivity contribution is 7.18. The molecule has 0 saturated heterocycles. The van der Waals surface area contributed by atoms with Gasteiger partial charge in [0.15, 0.2) is 5.13 Å². The van der Waals surface area contributed by atoms with Gasteiger partial charge in [-0.15, -0.1) is 10.2 Å². The van der Waals surface area contributed by atoms with Crippen LogP contribution in [0.3, 0.4) is 0 Å². The van der Waals surface area contributed by atoms with Crippen molar-refractivity contribution in [1.82, 2.24) is 15.2 Å². The number of amides is 1. The Hall–Kier alpha value is -1.54. The Morgan fingerprint density at radius 2 is 1.91 bits per heavy atom. The van der Waals surface area contributed by atoms with Crippen molar-refractivity contribution in [2.75, 3.05) is 24.3 Å². The van der Waals surface area contributed by atoms with Gasteiger partial charge >= 0.3 is 0 Å². The summed E-state index contributed by atoms with van der Waals surface area (Å²) in [5, 5.41) is 13.5. The fourth-order valence-corrected chi connectivity index (χ4v) is 3.92. The molecule has 0 bridgehead atoms. The molecule has 0 aliphatic heterocycles. The SMILES string of the molecule is CCC(CC)c1nnc(NC(=O)c2sc(N(C)C)nc2C)s1. The van der Waals surface area contributed by atoms with Crippen LogP contribution in [0, 0.1) is 6.92 Å². The molecule has 0 aliphatic carbocycles. The number of hydrogen-bond donors (Lipinski definition) is 1. The average Bonchev–Trinajstić information content (AvgIpc) is 3.07. The zero-order chi connectivity index (χ0) is 16.3. The van der Waals surface area contributed by atoms with Crippen LogP contribution < -0.4 is 10.2 Å². The van der Waals surface area contributed by atoms with Gasteiger partial charge in [-0.3, -0.25) is 10.1 Å². The van der Waals surface area contributed by atoms with E-state index >= 15 is 0 Å². The minimum absolute atomic E-state index is 0.171. The van der Waals surface area contributed by atoms with Gasteiger partial charge in [0.1, 0.15) is 9.88 Å². The molecule has 120 valence electrons. The molecule has 1 N–H and O–H groups in total. The summed E-state index contributed by atoms with van der Waals surface area (Å²) in [5.41, 5.74) is 0.732. The zero-order valence-corrected chi connectivity index (χ0v) is 15.1. The Morgan fingerprint density at radius 1 is 1.23 bits per heavy atom. The number of thiazole rings is 1. The number of anilines is 2. The van der Waals surface area contributed by atoms with Crippen LogP contribution >= 0.6 is 22.7 Å². The maximum atomic E-state index is 12.4. The van der Waals surface area contributed by atoms with Crippen LogP contribution in [0.15, 0.2) is 0 Å². The summed E-state index contributed by atoms with van der Waals surface area (Å²) < 4.78 is 0. The molecule has 0 aliphatic rings. The molecule has 22 heavy (non-hydrogen) atoms. The first-order valence-corrected chi connectivity index (χ1v) is 8.89. The lowest BCUT2D eigenvalue weighted by atomic mass is 10.1. The Kier molecular flexibility index (Phi) is 5.47. The number of carbonyl (C=O) groups excluding carboxylic acids is 1. The fraction of sp³-hybridized carbons (Fsp3) is 0.571. The molecular weight excluding hydrogens is 318 g/mol. The van der Waals surface area contributed by atoms with Crippen molar-refractivity contribution in [2.24, 2.45) is 0 Å². The van der Waals surface area contributed by atoms with Gasteiger partial charge < -0.3 is 4.90 Å². The fourth-order valence-electron chi connectivity index (χ4n) is 2.03. The number of rotatable bonds is 6. The first-order chi connectivity index (χ1) is 10.5. The van der Waals surface area contributed by atoms with Crippen molar-refractivity contribution in [3.05, 3.63) is 15.6 Å². The van der Waals surface area contributed by atoms with Gasteiger partial charge in [0, 0.05) is 20.0 Å². The minimum atomic E-state index is -0.171. The molecule has 0 unspecified atom stereocenters. The van der Waals surface area contributed by atoms with Crippen molar-refractivity contribution >= 4 is 38.8 Å². The molecule has 0 saturated carbocycles. The highest BCUT2D eigenvalue weighted by Gasteiger charge is 2.19. The van der Waals surface area contributed by atoms with Crippen molar-refractivity contribution < 1.29 is 4.79 Å². The zero-order valence-electron chi connectivity index (χ0n) is 13.5. The number of nitrogens with zero attached hydrogens (tertiary/aromatic N) is 4. The van der Waals surface area contributed by atoms with Gasteiger partial charge in [-0.05, 0) is 19.8 Å². The third kappa shape index (κ3) is 3.61. The van der Waals surface area contributed by atoms with E-state index in [0.29, 0.717) is 15.9 Å². The monoisotopic (exact) mass is 339 g/mol. The molecule has 8 heteroatoms. The number of aromatic nitrogens is 3. The molecule has 0 fully saturated rings. The van der Waals surface area contributed by atoms with Crippen LogP contribution in [0.25, 0.3) is 0 Å². The Bertz CT molecular complexity index is 645. The van der Waals surface area contributed by atoms with E-state index in [2.05, 4.69) is 34.3 Å². The number of hydrogen-bond acceptors (Lipinski definition) is 7. The molecule has 2 aromatic rings. The first kappa shape index (κ1) is 16.8. The Balaban J connectivity index is 2.12. The van der Waals surface area contributed by atoms with E-state index in [9.17, 15) is 4.79 Å². The van der Waals surface area contributed by atoms with Crippen molar-refractivity contribution in [3.8, 4) is 0 Å². The minimum Gasteiger partial charge on any atom is -0.354 e. The van der Waals surface area contributed by atoms with E-state index in [-0.39, 0.29) is 5.91 Å². The molecule has 0 spiro atoms. The van der Waals surface area contributed by atoms with Gasteiger partial charge in [0.2, 0.25) is 5.13 Å². The molecule has 2 aromatic heterocycles. The third-order valence-electron chi connectivity index (χ3n) is 3.37. The van der Waals surface area contributed by atoms with E-state index in [0.717, 1.165) is 28.7 Å². The number of aryl methyl sites for hydroxylation is 1. The molecule has 0 radical (unpaired) electrons. The predicted octanol–water partition coefficient (Wildman–Crippen LogP) is 3.52. The lowest BCUT2D eigenvalue weighted by Crippen LogP contribution is -2.11. The Morgan fingerprint density at radius 3 is 2.45 bits per heavy atom. The second kappa shape index (κ2) is 7.15. The van der Waals surface area contributed by atoms with Gasteiger partial charge in [-0.2, -0.15) is 0 Å². The Labute approximate surface area is 138 Å². The number of nitrogens with one attached hydrogen (secondary N) is 1. The molecule has 2 heterocycles. The summed E-state index contributed by atoms with van der Waals surface area (Å²) in [6.45, 7) is 6.11.